The van der Waals surface area contributed by atoms with Gasteiger partial charge < -0.3 is 15.4 Å². The number of rotatable bonds is 8. The molecule has 1 heterocycles. The minimum atomic E-state index is -0.335. The number of esters is 1. The molecule has 1 aliphatic heterocycles. The normalized spacial score (nSPS) is 14.9. The van der Waals surface area contributed by atoms with Gasteiger partial charge in [-0.3, -0.25) is 4.79 Å². The van der Waals surface area contributed by atoms with Crippen molar-refractivity contribution in [2.45, 2.75) is 84.7 Å². The Labute approximate surface area is 137 Å². The lowest BCUT2D eigenvalue weighted by Crippen LogP contribution is -2.39. The zero-order valence-electron chi connectivity index (χ0n) is 15.3. The number of ether oxygens (including phenoxy) is 1. The smallest absolute Gasteiger partial charge is 0.306 e. The summed E-state index contributed by atoms with van der Waals surface area (Å²) >= 11 is 0. The molecule has 0 unspecified atom stereocenters. The van der Waals surface area contributed by atoms with Gasteiger partial charge in [0.15, 0.2) is 0 Å². The molecule has 0 atom stereocenters. The SMILES string of the molecule is C1CNCCN1.CCCCCCCCCC(=O)OC(C)(C)C. The second kappa shape index (κ2) is 14.0. The molecular formula is C18H38N2O2. The predicted octanol–water partition coefficient (Wildman–Crippen LogP) is 3.65. The van der Waals surface area contributed by atoms with Gasteiger partial charge in [0.1, 0.15) is 5.60 Å². The first-order chi connectivity index (χ1) is 10.5. The molecule has 1 saturated heterocycles. The van der Waals surface area contributed by atoms with E-state index in [1.54, 1.807) is 0 Å². The summed E-state index contributed by atoms with van der Waals surface area (Å²) in [5, 5.41) is 6.44. The van der Waals surface area contributed by atoms with Gasteiger partial charge in [-0.2, -0.15) is 0 Å². The Morgan fingerprint density at radius 2 is 1.32 bits per heavy atom. The van der Waals surface area contributed by atoms with Crippen LogP contribution in [0.4, 0.5) is 0 Å². The number of nitrogens with one attached hydrogen (secondary N) is 2. The van der Waals surface area contributed by atoms with E-state index in [9.17, 15) is 4.79 Å². The van der Waals surface area contributed by atoms with Crippen LogP contribution in [-0.4, -0.2) is 37.7 Å². The second-order valence-electron chi connectivity index (χ2n) is 6.96. The summed E-state index contributed by atoms with van der Waals surface area (Å²) in [6.45, 7) is 12.5. The van der Waals surface area contributed by atoms with E-state index in [2.05, 4.69) is 17.6 Å². The van der Waals surface area contributed by atoms with Gasteiger partial charge in [-0.25, -0.2) is 0 Å². The second-order valence-corrected chi connectivity index (χ2v) is 6.96. The lowest BCUT2D eigenvalue weighted by atomic mass is 10.1. The molecule has 0 aromatic rings. The molecule has 2 N–H and O–H groups in total. The van der Waals surface area contributed by atoms with Crippen molar-refractivity contribution in [1.82, 2.24) is 10.6 Å². The first-order valence-electron chi connectivity index (χ1n) is 9.09. The highest BCUT2D eigenvalue weighted by Gasteiger charge is 2.15. The number of hydrogen-bond acceptors (Lipinski definition) is 4. The summed E-state index contributed by atoms with van der Waals surface area (Å²) in [6.07, 6.45) is 9.23. The molecule has 132 valence electrons. The number of unbranched alkanes of at least 4 members (excludes halogenated alkanes) is 6. The van der Waals surface area contributed by atoms with Gasteiger partial charge in [-0.1, -0.05) is 45.4 Å². The number of piperazine rings is 1. The van der Waals surface area contributed by atoms with E-state index in [4.69, 9.17) is 4.74 Å². The third-order valence-corrected chi connectivity index (χ3v) is 3.36. The molecule has 4 nitrogen and oxygen atoms in total. The molecule has 0 spiro atoms. The Bertz CT molecular complexity index is 247. The van der Waals surface area contributed by atoms with Crippen molar-refractivity contribution in [3.63, 3.8) is 0 Å². The van der Waals surface area contributed by atoms with Crippen LogP contribution in [0.15, 0.2) is 0 Å². The molecule has 0 aromatic heterocycles. The third-order valence-electron chi connectivity index (χ3n) is 3.36. The van der Waals surface area contributed by atoms with Crippen molar-refractivity contribution in [1.29, 1.82) is 0 Å². The molecule has 0 radical (unpaired) electrons. The van der Waals surface area contributed by atoms with E-state index < -0.39 is 0 Å². The van der Waals surface area contributed by atoms with Crippen molar-refractivity contribution in [3.05, 3.63) is 0 Å². The standard InChI is InChI=1S/C14H28O2.C4H10N2/c1-5-6-7-8-9-10-11-12-13(15)16-14(2,3)4;1-2-6-4-3-5-1/h5-12H2,1-4H3;5-6H,1-4H2. The van der Waals surface area contributed by atoms with Crippen molar-refractivity contribution in [2.24, 2.45) is 0 Å². The monoisotopic (exact) mass is 314 g/mol. The lowest BCUT2D eigenvalue weighted by molar-refractivity contribution is -0.154. The lowest BCUT2D eigenvalue weighted by Gasteiger charge is -2.19. The molecule has 1 fully saturated rings. The van der Waals surface area contributed by atoms with Gasteiger partial charge >= 0.3 is 5.97 Å². The molecular weight excluding hydrogens is 276 g/mol. The van der Waals surface area contributed by atoms with E-state index in [1.165, 1.54) is 32.1 Å². The van der Waals surface area contributed by atoms with Crippen LogP contribution >= 0.6 is 0 Å². The Morgan fingerprint density at radius 1 is 0.864 bits per heavy atom. The van der Waals surface area contributed by atoms with Crippen molar-refractivity contribution in [2.75, 3.05) is 26.2 Å². The fraction of sp³-hybridized carbons (Fsp3) is 0.944. The van der Waals surface area contributed by atoms with E-state index in [0.29, 0.717) is 6.42 Å². The number of hydrogen-bond donors (Lipinski definition) is 2. The van der Waals surface area contributed by atoms with Crippen LogP contribution in [0.3, 0.4) is 0 Å². The summed E-state index contributed by atoms with van der Waals surface area (Å²) in [5.74, 6) is -0.0546. The van der Waals surface area contributed by atoms with Gasteiger partial charge in [0, 0.05) is 32.6 Å². The first-order valence-corrected chi connectivity index (χ1v) is 9.09. The molecule has 22 heavy (non-hydrogen) atoms. The van der Waals surface area contributed by atoms with Gasteiger partial charge in [0.25, 0.3) is 0 Å². The fourth-order valence-electron chi connectivity index (χ4n) is 2.22. The van der Waals surface area contributed by atoms with Crippen molar-refractivity contribution in [3.8, 4) is 0 Å². The Hall–Kier alpha value is -0.610. The number of carbonyl (C=O) groups is 1. The van der Waals surface area contributed by atoms with Crippen LogP contribution in [-0.2, 0) is 9.53 Å². The van der Waals surface area contributed by atoms with Crippen LogP contribution in [0.5, 0.6) is 0 Å². The maximum absolute atomic E-state index is 11.4. The van der Waals surface area contributed by atoms with Crippen molar-refractivity contribution >= 4 is 5.97 Å². The Morgan fingerprint density at radius 3 is 1.73 bits per heavy atom. The van der Waals surface area contributed by atoms with Crippen LogP contribution < -0.4 is 10.6 Å². The predicted molar refractivity (Wildman–Crippen MR) is 94.2 cm³/mol. The topological polar surface area (TPSA) is 50.4 Å². The van der Waals surface area contributed by atoms with Crippen LogP contribution in [0.1, 0.15) is 79.1 Å². The summed E-state index contributed by atoms with van der Waals surface area (Å²) in [7, 11) is 0. The quantitative estimate of drug-likeness (QED) is 0.530. The largest absolute Gasteiger partial charge is 0.460 e. The van der Waals surface area contributed by atoms with E-state index in [1.807, 2.05) is 20.8 Å². The third kappa shape index (κ3) is 17.4. The number of carbonyl (C=O) groups excluding carboxylic acids is 1. The maximum atomic E-state index is 11.4. The molecule has 0 amide bonds. The highest BCUT2D eigenvalue weighted by Crippen LogP contribution is 2.12. The van der Waals surface area contributed by atoms with E-state index >= 15 is 0 Å². The summed E-state index contributed by atoms with van der Waals surface area (Å²) in [6, 6.07) is 0. The molecule has 0 aromatic carbocycles. The van der Waals surface area contributed by atoms with Gasteiger partial charge in [-0.05, 0) is 27.2 Å². The van der Waals surface area contributed by atoms with Crippen LogP contribution in [0, 0.1) is 0 Å². The molecule has 1 aliphatic rings. The van der Waals surface area contributed by atoms with Crippen LogP contribution in [0.2, 0.25) is 0 Å². The van der Waals surface area contributed by atoms with Crippen molar-refractivity contribution < 1.29 is 9.53 Å². The van der Waals surface area contributed by atoms with Gasteiger partial charge in [-0.15, -0.1) is 0 Å². The van der Waals surface area contributed by atoms with Gasteiger partial charge in [0.05, 0.1) is 0 Å². The maximum Gasteiger partial charge on any atom is 0.306 e. The molecule has 4 heteroatoms. The molecule has 0 aliphatic carbocycles. The minimum Gasteiger partial charge on any atom is -0.460 e. The zero-order chi connectivity index (χ0) is 16.7. The highest BCUT2D eigenvalue weighted by molar-refractivity contribution is 5.69. The van der Waals surface area contributed by atoms with E-state index in [-0.39, 0.29) is 11.6 Å². The summed E-state index contributed by atoms with van der Waals surface area (Å²) in [5.41, 5.74) is -0.335. The minimum absolute atomic E-state index is 0.0546. The molecule has 0 bridgehead atoms. The first kappa shape index (κ1) is 21.4. The molecule has 0 saturated carbocycles. The van der Waals surface area contributed by atoms with Crippen LogP contribution in [0.25, 0.3) is 0 Å². The Kier molecular flexibility index (Phi) is 13.6. The van der Waals surface area contributed by atoms with Gasteiger partial charge in [0.2, 0.25) is 0 Å². The Balaban J connectivity index is 0.000000604. The average Bonchev–Trinajstić information content (AvgIpc) is 2.47. The molecule has 1 rings (SSSR count). The summed E-state index contributed by atoms with van der Waals surface area (Å²) in [4.78, 5) is 11.4. The highest BCUT2D eigenvalue weighted by atomic mass is 16.6. The summed E-state index contributed by atoms with van der Waals surface area (Å²) < 4.78 is 5.24. The average molecular weight is 315 g/mol. The fourth-order valence-corrected chi connectivity index (χ4v) is 2.22. The van der Waals surface area contributed by atoms with E-state index in [0.717, 1.165) is 39.0 Å². The zero-order valence-corrected chi connectivity index (χ0v) is 15.3.